The van der Waals surface area contributed by atoms with Gasteiger partial charge in [0.1, 0.15) is 5.82 Å². The van der Waals surface area contributed by atoms with Gasteiger partial charge in [0.2, 0.25) is 0 Å². The van der Waals surface area contributed by atoms with Crippen molar-refractivity contribution in [2.75, 3.05) is 13.2 Å². The number of nitrogens with zero attached hydrogens (tertiary/aromatic N) is 1. The van der Waals surface area contributed by atoms with Crippen LogP contribution < -0.4 is 5.32 Å². The molecule has 0 amide bonds. The molecular weight excluding hydrogens is 207 g/mol. The highest BCUT2D eigenvalue weighted by atomic mass is 19.1. The normalized spacial score (nSPS) is 14.8. The molecule has 2 N–H and O–H groups in total. The van der Waals surface area contributed by atoms with Crippen LogP contribution in [0.1, 0.15) is 31.9 Å². The average molecular weight is 226 g/mol. The van der Waals surface area contributed by atoms with E-state index in [4.69, 9.17) is 5.11 Å². The van der Waals surface area contributed by atoms with Crippen molar-refractivity contribution in [1.29, 1.82) is 0 Å². The second kappa shape index (κ2) is 6.55. The van der Waals surface area contributed by atoms with Gasteiger partial charge in [-0.1, -0.05) is 6.92 Å². The molecular formula is C12H19FN2O. The Morgan fingerprint density at radius 2 is 2.19 bits per heavy atom. The first kappa shape index (κ1) is 13.1. The van der Waals surface area contributed by atoms with Crippen LogP contribution in [0.25, 0.3) is 0 Å². The fourth-order valence-electron chi connectivity index (χ4n) is 1.48. The largest absolute Gasteiger partial charge is 0.396 e. The maximum Gasteiger partial charge on any atom is 0.141 e. The summed E-state index contributed by atoms with van der Waals surface area (Å²) in [7, 11) is 0. The number of rotatable bonds is 6. The minimum Gasteiger partial charge on any atom is -0.396 e. The van der Waals surface area contributed by atoms with Crippen LogP contribution in [0, 0.1) is 11.7 Å². The molecule has 90 valence electrons. The van der Waals surface area contributed by atoms with Crippen LogP contribution in [0.2, 0.25) is 0 Å². The zero-order chi connectivity index (χ0) is 12.0. The van der Waals surface area contributed by atoms with Crippen LogP contribution in [-0.4, -0.2) is 23.2 Å². The predicted molar refractivity (Wildman–Crippen MR) is 61.5 cm³/mol. The summed E-state index contributed by atoms with van der Waals surface area (Å²) in [5, 5.41) is 12.1. The quantitative estimate of drug-likeness (QED) is 0.778. The monoisotopic (exact) mass is 226 g/mol. The summed E-state index contributed by atoms with van der Waals surface area (Å²) in [6.45, 7) is 5.05. The first-order valence-electron chi connectivity index (χ1n) is 5.58. The van der Waals surface area contributed by atoms with Gasteiger partial charge in [0.05, 0.1) is 6.20 Å². The van der Waals surface area contributed by atoms with Crippen molar-refractivity contribution in [2.45, 2.75) is 26.3 Å². The lowest BCUT2D eigenvalue weighted by Gasteiger charge is -2.17. The van der Waals surface area contributed by atoms with Crippen molar-refractivity contribution in [1.82, 2.24) is 10.3 Å². The van der Waals surface area contributed by atoms with E-state index >= 15 is 0 Å². The van der Waals surface area contributed by atoms with Crippen LogP contribution in [0.5, 0.6) is 0 Å². The number of hydrogen-bond acceptors (Lipinski definition) is 3. The van der Waals surface area contributed by atoms with E-state index in [0.29, 0.717) is 5.92 Å². The average Bonchev–Trinajstić information content (AvgIpc) is 2.26. The van der Waals surface area contributed by atoms with Gasteiger partial charge in [0, 0.05) is 18.8 Å². The smallest absolute Gasteiger partial charge is 0.141 e. The summed E-state index contributed by atoms with van der Waals surface area (Å²) in [5.41, 5.74) is 0.844. The number of pyridine rings is 1. The third-order valence-corrected chi connectivity index (χ3v) is 2.62. The Morgan fingerprint density at radius 1 is 1.44 bits per heavy atom. The lowest BCUT2D eigenvalue weighted by atomic mass is 10.1. The Hall–Kier alpha value is -1.00. The van der Waals surface area contributed by atoms with Gasteiger partial charge in [-0.05, 0) is 37.4 Å². The summed E-state index contributed by atoms with van der Waals surface area (Å²) < 4.78 is 12.9. The van der Waals surface area contributed by atoms with Gasteiger partial charge in [0.25, 0.3) is 0 Å². The van der Waals surface area contributed by atoms with Crippen LogP contribution >= 0.6 is 0 Å². The number of halogens is 1. The molecule has 2 atom stereocenters. The highest BCUT2D eigenvalue weighted by Gasteiger charge is 2.08. The molecule has 0 aliphatic rings. The Kier molecular flexibility index (Phi) is 5.35. The molecule has 0 fully saturated rings. The fraction of sp³-hybridized carbons (Fsp3) is 0.583. The third-order valence-electron chi connectivity index (χ3n) is 2.62. The molecule has 0 bridgehead atoms. The van der Waals surface area contributed by atoms with Crippen LogP contribution in [0.4, 0.5) is 4.39 Å². The molecule has 16 heavy (non-hydrogen) atoms. The number of aliphatic hydroxyl groups excluding tert-OH is 1. The van der Waals surface area contributed by atoms with Crippen molar-refractivity contribution >= 4 is 0 Å². The highest BCUT2D eigenvalue weighted by Crippen LogP contribution is 2.12. The molecule has 0 radical (unpaired) electrons. The minimum atomic E-state index is -0.311. The molecule has 4 heteroatoms. The van der Waals surface area contributed by atoms with Crippen molar-refractivity contribution in [2.24, 2.45) is 5.92 Å². The summed E-state index contributed by atoms with van der Waals surface area (Å²) in [6, 6.07) is 1.56. The Labute approximate surface area is 95.7 Å². The van der Waals surface area contributed by atoms with Crippen molar-refractivity contribution in [3.8, 4) is 0 Å². The number of aromatic nitrogens is 1. The highest BCUT2D eigenvalue weighted by molar-refractivity contribution is 5.14. The molecule has 0 aromatic carbocycles. The van der Waals surface area contributed by atoms with E-state index < -0.39 is 0 Å². The molecule has 1 heterocycles. The van der Waals surface area contributed by atoms with E-state index in [2.05, 4.69) is 17.2 Å². The molecule has 2 unspecified atom stereocenters. The zero-order valence-corrected chi connectivity index (χ0v) is 9.78. The van der Waals surface area contributed by atoms with E-state index in [1.807, 2.05) is 6.92 Å². The summed E-state index contributed by atoms with van der Waals surface area (Å²) in [4.78, 5) is 3.81. The van der Waals surface area contributed by atoms with Crippen molar-refractivity contribution in [3.05, 3.63) is 29.8 Å². The number of aliphatic hydroxyl groups is 1. The second-order valence-electron chi connectivity index (χ2n) is 4.18. The van der Waals surface area contributed by atoms with Gasteiger partial charge in [-0.15, -0.1) is 0 Å². The van der Waals surface area contributed by atoms with Gasteiger partial charge in [-0.25, -0.2) is 4.39 Å². The lowest BCUT2D eigenvalue weighted by Crippen LogP contribution is -2.25. The second-order valence-corrected chi connectivity index (χ2v) is 4.18. The molecule has 0 saturated heterocycles. The summed E-state index contributed by atoms with van der Waals surface area (Å²) in [5.74, 6) is 0.100. The SMILES string of the molecule is CC(CCO)CNC(C)c1cncc(F)c1. The van der Waals surface area contributed by atoms with Crippen LogP contribution in [-0.2, 0) is 0 Å². The van der Waals surface area contributed by atoms with Crippen LogP contribution in [0.15, 0.2) is 18.5 Å². The Bertz CT molecular complexity index is 320. The van der Waals surface area contributed by atoms with E-state index in [0.717, 1.165) is 18.5 Å². The van der Waals surface area contributed by atoms with Gasteiger partial charge in [0.15, 0.2) is 0 Å². The van der Waals surface area contributed by atoms with E-state index in [1.165, 1.54) is 12.3 Å². The van der Waals surface area contributed by atoms with Gasteiger partial charge in [-0.3, -0.25) is 4.98 Å². The Morgan fingerprint density at radius 3 is 2.81 bits per heavy atom. The van der Waals surface area contributed by atoms with E-state index in [-0.39, 0.29) is 18.5 Å². The molecule has 1 aromatic heterocycles. The molecule has 0 aliphatic carbocycles. The van der Waals surface area contributed by atoms with E-state index in [9.17, 15) is 4.39 Å². The number of hydrogen-bond donors (Lipinski definition) is 2. The molecule has 1 aromatic rings. The fourth-order valence-corrected chi connectivity index (χ4v) is 1.48. The topological polar surface area (TPSA) is 45.1 Å². The standard InChI is InChI=1S/C12H19FN2O/c1-9(3-4-16)6-15-10(2)11-5-12(13)8-14-7-11/h5,7-10,15-16H,3-4,6H2,1-2H3. The third kappa shape index (κ3) is 4.24. The first-order valence-corrected chi connectivity index (χ1v) is 5.58. The summed E-state index contributed by atoms with van der Waals surface area (Å²) >= 11 is 0. The minimum absolute atomic E-state index is 0.0735. The zero-order valence-electron chi connectivity index (χ0n) is 9.78. The van der Waals surface area contributed by atoms with Crippen molar-refractivity contribution in [3.63, 3.8) is 0 Å². The Balaban J connectivity index is 2.43. The maximum absolute atomic E-state index is 12.9. The molecule has 0 saturated carbocycles. The predicted octanol–water partition coefficient (Wildman–Crippen LogP) is 1.89. The van der Waals surface area contributed by atoms with Gasteiger partial charge >= 0.3 is 0 Å². The van der Waals surface area contributed by atoms with Crippen molar-refractivity contribution < 1.29 is 9.50 Å². The van der Waals surface area contributed by atoms with Crippen LogP contribution in [0.3, 0.4) is 0 Å². The number of nitrogens with one attached hydrogen (secondary N) is 1. The maximum atomic E-state index is 12.9. The van der Waals surface area contributed by atoms with E-state index in [1.54, 1.807) is 6.20 Å². The molecule has 0 aliphatic heterocycles. The molecule has 0 spiro atoms. The molecule has 3 nitrogen and oxygen atoms in total. The molecule has 1 rings (SSSR count). The lowest BCUT2D eigenvalue weighted by molar-refractivity contribution is 0.258. The summed E-state index contributed by atoms with van der Waals surface area (Å²) in [6.07, 6.45) is 3.64. The first-order chi connectivity index (χ1) is 7.63. The van der Waals surface area contributed by atoms with Gasteiger partial charge in [-0.2, -0.15) is 0 Å². The van der Waals surface area contributed by atoms with Gasteiger partial charge < -0.3 is 10.4 Å².